The van der Waals surface area contributed by atoms with Crippen LogP contribution in [0.3, 0.4) is 0 Å². The molecule has 0 aliphatic carbocycles. The highest BCUT2D eigenvalue weighted by molar-refractivity contribution is 7.92. The van der Waals surface area contributed by atoms with Crippen molar-refractivity contribution in [2.45, 2.75) is 30.9 Å². The summed E-state index contributed by atoms with van der Waals surface area (Å²) in [6, 6.07) is 5.07. The molecule has 3 rings (SSSR count). The average molecular weight is 490 g/mol. The molecule has 1 aromatic carbocycles. The van der Waals surface area contributed by atoms with E-state index < -0.39 is 15.1 Å². The number of benzene rings is 1. The second-order valence-corrected chi connectivity index (χ2v) is 10.9. The number of anilines is 1. The lowest BCUT2D eigenvalue weighted by Crippen LogP contribution is -2.59. The van der Waals surface area contributed by atoms with E-state index in [0.29, 0.717) is 49.8 Å². The van der Waals surface area contributed by atoms with Gasteiger partial charge in [-0.05, 0) is 36.3 Å². The number of carbonyl (C=O) groups excluding carboxylic acids is 1. The van der Waals surface area contributed by atoms with Crippen LogP contribution in [0, 0.1) is 5.92 Å². The van der Waals surface area contributed by atoms with Crippen LogP contribution in [0.4, 0.5) is 10.5 Å². The molecule has 3 N–H and O–H groups in total. The Labute approximate surface area is 202 Å². The summed E-state index contributed by atoms with van der Waals surface area (Å²) in [5, 5.41) is 2.06. The van der Waals surface area contributed by atoms with Gasteiger partial charge in [-0.1, -0.05) is 26.5 Å². The second-order valence-electron chi connectivity index (χ2n) is 8.72. The molecule has 10 heteroatoms. The van der Waals surface area contributed by atoms with Gasteiger partial charge in [0, 0.05) is 50.5 Å². The number of sulfone groups is 1. The van der Waals surface area contributed by atoms with Gasteiger partial charge < -0.3 is 25.6 Å². The Morgan fingerprint density at radius 1 is 1.29 bits per heavy atom. The Kier molecular flexibility index (Phi) is 8.37. The number of amidine groups is 1. The van der Waals surface area contributed by atoms with Crippen molar-refractivity contribution in [1.82, 2.24) is 10.2 Å². The molecule has 0 atom stereocenters. The molecule has 0 radical (unpaired) electrons. The molecule has 0 aromatic heterocycles. The number of rotatable bonds is 8. The van der Waals surface area contributed by atoms with Crippen LogP contribution in [-0.4, -0.2) is 76.4 Å². The third-order valence-electron chi connectivity index (χ3n) is 6.00. The van der Waals surface area contributed by atoms with E-state index in [2.05, 4.69) is 21.8 Å². The summed E-state index contributed by atoms with van der Waals surface area (Å²) < 4.78 is 32.5. The average Bonchev–Trinajstić information content (AvgIpc) is 2.78. The molecule has 2 amide bonds. The minimum absolute atomic E-state index is 0.0874. The topological polar surface area (TPSA) is 117 Å². The fraction of sp³-hybridized carbons (Fsp3) is 0.500. The Morgan fingerprint density at radius 3 is 2.56 bits per heavy atom. The molecule has 2 heterocycles. The van der Waals surface area contributed by atoms with Crippen molar-refractivity contribution in [3.05, 3.63) is 42.6 Å². The SMILES string of the molecule is C=C/C(=C\N=C(\N)C(C)C)c1cc(N2CCOCC2)cc(S(=O)(=O)C2CN(C(=O)NCC)C2)c1. The smallest absolute Gasteiger partial charge is 0.317 e. The van der Waals surface area contributed by atoms with Crippen molar-refractivity contribution in [3.63, 3.8) is 0 Å². The monoisotopic (exact) mass is 489 g/mol. The van der Waals surface area contributed by atoms with E-state index in [1.165, 1.54) is 4.90 Å². The molecule has 34 heavy (non-hydrogen) atoms. The van der Waals surface area contributed by atoms with E-state index in [4.69, 9.17) is 10.5 Å². The Morgan fingerprint density at radius 2 is 1.97 bits per heavy atom. The third-order valence-corrected chi connectivity index (χ3v) is 8.06. The summed E-state index contributed by atoms with van der Waals surface area (Å²) in [7, 11) is -3.66. The number of carbonyl (C=O) groups is 1. The molecule has 186 valence electrons. The first kappa shape index (κ1) is 25.8. The van der Waals surface area contributed by atoms with Gasteiger partial charge in [0.1, 0.15) is 11.1 Å². The van der Waals surface area contributed by atoms with Crippen molar-refractivity contribution < 1.29 is 17.9 Å². The molecular weight excluding hydrogens is 454 g/mol. The molecule has 9 nitrogen and oxygen atoms in total. The molecule has 0 saturated carbocycles. The predicted octanol–water partition coefficient (Wildman–Crippen LogP) is 2.25. The van der Waals surface area contributed by atoms with Crippen molar-refractivity contribution in [2.24, 2.45) is 16.6 Å². The van der Waals surface area contributed by atoms with Gasteiger partial charge >= 0.3 is 6.03 Å². The summed E-state index contributed by atoms with van der Waals surface area (Å²) in [5.41, 5.74) is 8.15. The highest BCUT2D eigenvalue weighted by Crippen LogP contribution is 2.31. The lowest BCUT2D eigenvalue weighted by Gasteiger charge is -2.38. The minimum atomic E-state index is -3.66. The number of allylic oxidation sites excluding steroid dienone is 2. The number of nitrogens with zero attached hydrogens (tertiary/aromatic N) is 3. The minimum Gasteiger partial charge on any atom is -0.387 e. The van der Waals surface area contributed by atoms with Crippen LogP contribution in [0.5, 0.6) is 0 Å². The fourth-order valence-electron chi connectivity index (χ4n) is 3.71. The summed E-state index contributed by atoms with van der Waals surface area (Å²) in [4.78, 5) is 20.2. The molecule has 1 aromatic rings. The number of aliphatic imine (C=N–C) groups is 1. The Balaban J connectivity index is 1.98. The highest BCUT2D eigenvalue weighted by atomic mass is 32.2. The van der Waals surface area contributed by atoms with Gasteiger partial charge in [0.15, 0.2) is 9.84 Å². The number of urea groups is 1. The number of nitrogens with two attached hydrogens (primary N) is 1. The number of amides is 2. The van der Waals surface area contributed by atoms with Crippen molar-refractivity contribution in [3.8, 4) is 0 Å². The number of hydrogen-bond acceptors (Lipinski definition) is 6. The standard InChI is InChI=1S/C24H35N5O4S/c1-5-18(14-27-23(25)17(3)4)19-11-20(28-7-9-33-10-8-28)13-21(12-19)34(31,32)22-15-29(16-22)24(30)26-6-2/h5,11-14,17,22H,1,6-10,15-16H2,2-4H3,(H2,25,27)(H,26,30)/b18-14+. The molecule has 2 aliphatic heterocycles. The zero-order valence-electron chi connectivity index (χ0n) is 20.2. The van der Waals surface area contributed by atoms with Crippen LogP contribution in [0.2, 0.25) is 0 Å². The van der Waals surface area contributed by atoms with E-state index in [1.807, 2.05) is 26.8 Å². The quantitative estimate of drug-likeness (QED) is 0.329. The van der Waals surface area contributed by atoms with Crippen LogP contribution in [0.1, 0.15) is 26.3 Å². The van der Waals surface area contributed by atoms with Crippen LogP contribution in [-0.2, 0) is 14.6 Å². The molecule has 0 spiro atoms. The summed E-state index contributed by atoms with van der Waals surface area (Å²) in [6.07, 6.45) is 3.27. The van der Waals surface area contributed by atoms with E-state index in [0.717, 1.165) is 5.69 Å². The first-order chi connectivity index (χ1) is 16.2. The number of nitrogens with one attached hydrogen (secondary N) is 1. The van der Waals surface area contributed by atoms with Crippen molar-refractivity contribution >= 4 is 33.0 Å². The number of likely N-dealkylation sites (tertiary alicyclic amines) is 1. The molecule has 2 fully saturated rings. The lowest BCUT2D eigenvalue weighted by molar-refractivity contribution is 0.122. The summed E-state index contributed by atoms with van der Waals surface area (Å²) >= 11 is 0. The molecule has 0 bridgehead atoms. The molecular formula is C24H35N5O4S. The van der Waals surface area contributed by atoms with E-state index in [9.17, 15) is 13.2 Å². The maximum Gasteiger partial charge on any atom is 0.317 e. The largest absolute Gasteiger partial charge is 0.387 e. The van der Waals surface area contributed by atoms with E-state index in [-0.39, 0.29) is 29.9 Å². The maximum absolute atomic E-state index is 13.5. The van der Waals surface area contributed by atoms with Crippen molar-refractivity contribution in [2.75, 3.05) is 50.8 Å². The second kappa shape index (κ2) is 11.1. The summed E-state index contributed by atoms with van der Waals surface area (Å²) in [6.45, 7) is 13.0. The maximum atomic E-state index is 13.5. The number of hydrogen-bond donors (Lipinski definition) is 2. The van der Waals surface area contributed by atoms with Crippen molar-refractivity contribution in [1.29, 1.82) is 0 Å². The van der Waals surface area contributed by atoms with Gasteiger partial charge in [-0.2, -0.15) is 0 Å². The zero-order valence-corrected chi connectivity index (χ0v) is 21.0. The van der Waals surface area contributed by atoms with Gasteiger partial charge in [0.25, 0.3) is 0 Å². The number of morpholine rings is 1. The molecule has 0 unspecified atom stereocenters. The predicted molar refractivity (Wildman–Crippen MR) is 136 cm³/mol. The van der Waals surface area contributed by atoms with Gasteiger partial charge in [-0.25, -0.2) is 18.2 Å². The van der Waals surface area contributed by atoms with Crippen LogP contribution < -0.4 is 16.0 Å². The Hall–Kier alpha value is -2.85. The van der Waals surface area contributed by atoms with Crippen LogP contribution >= 0.6 is 0 Å². The molecule has 2 aliphatic rings. The fourth-order valence-corrected chi connectivity index (χ4v) is 5.43. The lowest BCUT2D eigenvalue weighted by atomic mass is 10.1. The van der Waals surface area contributed by atoms with Gasteiger partial charge in [0.2, 0.25) is 0 Å². The first-order valence-electron chi connectivity index (χ1n) is 11.6. The first-order valence-corrected chi connectivity index (χ1v) is 13.1. The van der Waals surface area contributed by atoms with Gasteiger partial charge in [-0.15, -0.1) is 0 Å². The van der Waals surface area contributed by atoms with Gasteiger partial charge in [0.05, 0.1) is 18.1 Å². The van der Waals surface area contributed by atoms with Crippen LogP contribution in [0.25, 0.3) is 5.57 Å². The molecule has 2 saturated heterocycles. The highest BCUT2D eigenvalue weighted by Gasteiger charge is 2.40. The number of ether oxygens (including phenoxy) is 1. The van der Waals surface area contributed by atoms with Gasteiger partial charge in [-0.3, -0.25) is 0 Å². The summed E-state index contributed by atoms with van der Waals surface area (Å²) in [5.74, 6) is 0.570. The van der Waals surface area contributed by atoms with Crippen LogP contribution in [0.15, 0.2) is 46.9 Å². The zero-order chi connectivity index (χ0) is 24.9. The Bertz CT molecular complexity index is 1070. The van der Waals surface area contributed by atoms with E-state index in [1.54, 1.807) is 24.4 Å². The van der Waals surface area contributed by atoms with E-state index >= 15 is 0 Å². The third kappa shape index (κ3) is 5.79. The normalized spacial score (nSPS) is 18.1.